The Morgan fingerprint density at radius 2 is 0.955 bits per heavy atom. The van der Waals surface area contributed by atoms with Gasteiger partial charge in [-0.05, 0) is 77.0 Å². The van der Waals surface area contributed by atoms with Crippen molar-refractivity contribution in [2.24, 2.45) is 0 Å². The Kier molecular flexibility index (Phi) is 34.0. The lowest BCUT2D eigenvalue weighted by molar-refractivity contribution is -0.123. The molecule has 0 aromatic rings. The van der Waals surface area contributed by atoms with Gasteiger partial charge < -0.3 is 15.5 Å². The van der Waals surface area contributed by atoms with Gasteiger partial charge in [0, 0.05) is 6.42 Å². The number of unbranched alkanes of at least 4 members (excludes halogenated alkanes) is 17. The molecule has 3 N–H and O–H groups in total. The van der Waals surface area contributed by atoms with Crippen molar-refractivity contribution in [2.75, 3.05) is 6.61 Å². The van der Waals surface area contributed by atoms with Crippen LogP contribution in [0.25, 0.3) is 0 Å². The average Bonchev–Trinajstić information content (AvgIpc) is 3.03. The van der Waals surface area contributed by atoms with Gasteiger partial charge >= 0.3 is 0 Å². The van der Waals surface area contributed by atoms with Crippen LogP contribution in [0.15, 0.2) is 60.8 Å². The Bertz CT molecular complexity index is 752. The molecule has 254 valence electrons. The van der Waals surface area contributed by atoms with Gasteiger partial charge in [-0.3, -0.25) is 4.79 Å². The smallest absolute Gasteiger partial charge is 0.220 e. The predicted octanol–water partition coefficient (Wildman–Crippen LogP) is 11.0. The molecule has 0 rings (SSSR count). The van der Waals surface area contributed by atoms with Crippen molar-refractivity contribution in [3.05, 3.63) is 60.8 Å². The van der Waals surface area contributed by atoms with Crippen molar-refractivity contribution in [3.8, 4) is 0 Å². The summed E-state index contributed by atoms with van der Waals surface area (Å²) in [4.78, 5) is 12.3. The maximum absolute atomic E-state index is 12.3. The zero-order valence-corrected chi connectivity index (χ0v) is 28.9. The van der Waals surface area contributed by atoms with Gasteiger partial charge in [0.1, 0.15) is 0 Å². The van der Waals surface area contributed by atoms with E-state index in [1.165, 1.54) is 96.3 Å². The largest absolute Gasteiger partial charge is 0.394 e. The van der Waals surface area contributed by atoms with E-state index in [1.807, 2.05) is 6.08 Å². The van der Waals surface area contributed by atoms with Gasteiger partial charge in [-0.1, -0.05) is 145 Å². The first-order chi connectivity index (χ1) is 21.7. The molecule has 44 heavy (non-hydrogen) atoms. The van der Waals surface area contributed by atoms with E-state index in [0.29, 0.717) is 6.42 Å². The van der Waals surface area contributed by atoms with Crippen LogP contribution in [0.4, 0.5) is 0 Å². The third kappa shape index (κ3) is 31.5. The van der Waals surface area contributed by atoms with E-state index in [4.69, 9.17) is 0 Å². The lowest BCUT2D eigenvalue weighted by Gasteiger charge is -2.19. The van der Waals surface area contributed by atoms with Gasteiger partial charge in [0.25, 0.3) is 0 Å². The highest BCUT2D eigenvalue weighted by Gasteiger charge is 2.17. The number of nitrogens with one attached hydrogen (secondary N) is 1. The number of hydrogen-bond donors (Lipinski definition) is 3. The first kappa shape index (κ1) is 42.1. The van der Waals surface area contributed by atoms with Crippen molar-refractivity contribution in [2.45, 2.75) is 180 Å². The summed E-state index contributed by atoms with van der Waals surface area (Å²) in [5.74, 6) is -0.0902. The fourth-order valence-electron chi connectivity index (χ4n) is 5.06. The molecule has 2 unspecified atom stereocenters. The third-order valence-electron chi connectivity index (χ3n) is 7.95. The van der Waals surface area contributed by atoms with Crippen molar-refractivity contribution in [3.63, 3.8) is 0 Å². The highest BCUT2D eigenvalue weighted by Crippen LogP contribution is 2.11. The number of carbonyl (C=O) groups excluding carboxylic acids is 1. The van der Waals surface area contributed by atoms with Gasteiger partial charge in [0.15, 0.2) is 0 Å². The van der Waals surface area contributed by atoms with Gasteiger partial charge in [0.2, 0.25) is 5.91 Å². The van der Waals surface area contributed by atoms with E-state index in [0.717, 1.165) is 51.4 Å². The van der Waals surface area contributed by atoms with E-state index in [1.54, 1.807) is 6.08 Å². The molecule has 0 saturated carbocycles. The SMILES string of the molecule is CCCCCC/C=C\C/C=C\CCCCCCCCCC(=O)NC(CO)C(O)/C=C/CC/C=C/CC/C=C/CCCCCC. The van der Waals surface area contributed by atoms with E-state index in [-0.39, 0.29) is 12.5 Å². The second kappa shape index (κ2) is 35.6. The second-order valence-electron chi connectivity index (χ2n) is 12.3. The van der Waals surface area contributed by atoms with Gasteiger partial charge in [-0.25, -0.2) is 0 Å². The molecule has 0 aliphatic rings. The summed E-state index contributed by atoms with van der Waals surface area (Å²) < 4.78 is 0. The fourth-order valence-corrected chi connectivity index (χ4v) is 5.06. The van der Waals surface area contributed by atoms with Crippen LogP contribution < -0.4 is 5.32 Å². The highest BCUT2D eigenvalue weighted by atomic mass is 16.3. The Balaban J connectivity index is 3.72. The van der Waals surface area contributed by atoms with Crippen LogP contribution in [0.2, 0.25) is 0 Å². The van der Waals surface area contributed by atoms with Crippen molar-refractivity contribution >= 4 is 5.91 Å². The molecule has 0 heterocycles. The molecular formula is C40H71NO3. The van der Waals surface area contributed by atoms with Crippen LogP contribution in [-0.4, -0.2) is 34.9 Å². The minimum absolute atomic E-state index is 0.0902. The Hall–Kier alpha value is -1.91. The first-order valence-electron chi connectivity index (χ1n) is 18.5. The molecule has 0 fully saturated rings. The van der Waals surface area contributed by atoms with Crippen LogP contribution in [-0.2, 0) is 4.79 Å². The van der Waals surface area contributed by atoms with Gasteiger partial charge in [-0.2, -0.15) is 0 Å². The molecule has 4 nitrogen and oxygen atoms in total. The number of aliphatic hydroxyl groups excluding tert-OH is 2. The minimum atomic E-state index is -0.873. The summed E-state index contributed by atoms with van der Waals surface area (Å²) in [6.45, 7) is 4.23. The standard InChI is InChI=1S/C40H71NO3/c1-3-5-7-9-11-13-15-17-19-20-21-22-24-26-28-30-32-34-36-40(44)41-38(37-42)39(43)35-33-31-29-27-25-23-18-16-14-12-10-8-6-4-2/h13-16,19-20,25,27,33,35,38-39,42-43H,3-12,17-18,21-24,26,28-32,34,36-37H2,1-2H3,(H,41,44)/b15-13-,16-14+,20-19-,27-25+,35-33+. The molecule has 1 amide bonds. The molecule has 0 radical (unpaired) electrons. The van der Waals surface area contributed by atoms with E-state index in [2.05, 4.69) is 67.8 Å². The predicted molar refractivity (Wildman–Crippen MR) is 193 cm³/mol. The van der Waals surface area contributed by atoms with E-state index in [9.17, 15) is 15.0 Å². The molecule has 0 spiro atoms. The number of carbonyl (C=O) groups is 1. The quantitative estimate of drug-likeness (QED) is 0.0522. The molecule has 0 aliphatic heterocycles. The lowest BCUT2D eigenvalue weighted by atomic mass is 10.1. The number of hydrogen-bond acceptors (Lipinski definition) is 3. The maximum atomic E-state index is 12.3. The number of allylic oxidation sites excluding steroid dienone is 9. The summed E-state index contributed by atoms with van der Waals surface area (Å²) in [6, 6.07) is -0.649. The summed E-state index contributed by atoms with van der Waals surface area (Å²) >= 11 is 0. The maximum Gasteiger partial charge on any atom is 0.220 e. The molecular weight excluding hydrogens is 542 g/mol. The number of rotatable bonds is 32. The fraction of sp³-hybridized carbons (Fsp3) is 0.725. The molecule has 0 aliphatic carbocycles. The summed E-state index contributed by atoms with van der Waals surface area (Å²) in [5.41, 5.74) is 0. The average molecular weight is 614 g/mol. The number of aliphatic hydroxyl groups is 2. The Labute approximate surface area is 273 Å². The summed E-state index contributed by atoms with van der Waals surface area (Å²) in [6.07, 6.45) is 48.7. The van der Waals surface area contributed by atoms with Crippen LogP contribution in [0.5, 0.6) is 0 Å². The van der Waals surface area contributed by atoms with Crippen LogP contribution in [0.1, 0.15) is 168 Å². The first-order valence-corrected chi connectivity index (χ1v) is 18.5. The molecule has 0 bridgehead atoms. The van der Waals surface area contributed by atoms with Crippen molar-refractivity contribution < 1.29 is 15.0 Å². The van der Waals surface area contributed by atoms with Crippen LogP contribution in [0.3, 0.4) is 0 Å². The zero-order chi connectivity index (χ0) is 32.2. The van der Waals surface area contributed by atoms with Gasteiger partial charge in [-0.15, -0.1) is 0 Å². The summed E-state index contributed by atoms with van der Waals surface area (Å²) in [7, 11) is 0. The monoisotopic (exact) mass is 614 g/mol. The van der Waals surface area contributed by atoms with Crippen LogP contribution in [0, 0.1) is 0 Å². The molecule has 0 saturated heterocycles. The minimum Gasteiger partial charge on any atom is -0.394 e. The Morgan fingerprint density at radius 3 is 1.45 bits per heavy atom. The number of amides is 1. The Morgan fingerprint density at radius 1 is 0.545 bits per heavy atom. The molecule has 0 aromatic carbocycles. The molecule has 2 atom stereocenters. The van der Waals surface area contributed by atoms with E-state index >= 15 is 0 Å². The topological polar surface area (TPSA) is 69.6 Å². The van der Waals surface area contributed by atoms with Crippen LogP contribution >= 0.6 is 0 Å². The van der Waals surface area contributed by atoms with Crippen molar-refractivity contribution in [1.82, 2.24) is 5.32 Å². The van der Waals surface area contributed by atoms with E-state index < -0.39 is 12.1 Å². The normalized spacial score (nSPS) is 13.8. The highest BCUT2D eigenvalue weighted by molar-refractivity contribution is 5.76. The molecule has 4 heteroatoms. The van der Waals surface area contributed by atoms with Gasteiger partial charge in [0.05, 0.1) is 18.8 Å². The zero-order valence-electron chi connectivity index (χ0n) is 28.9. The van der Waals surface area contributed by atoms with Crippen molar-refractivity contribution in [1.29, 1.82) is 0 Å². The summed E-state index contributed by atoms with van der Waals surface area (Å²) in [5, 5.41) is 22.8. The molecule has 0 aromatic heterocycles. The third-order valence-corrected chi connectivity index (χ3v) is 7.95. The lowest BCUT2D eigenvalue weighted by Crippen LogP contribution is -2.45. The second-order valence-corrected chi connectivity index (χ2v) is 12.3.